The Morgan fingerprint density at radius 1 is 1.12 bits per heavy atom. The minimum absolute atomic E-state index is 0.135. The fourth-order valence-corrected chi connectivity index (χ4v) is 3.79. The Bertz CT molecular complexity index is 1010. The Labute approximate surface area is 154 Å². The van der Waals surface area contributed by atoms with E-state index in [0.29, 0.717) is 16.3 Å². The summed E-state index contributed by atoms with van der Waals surface area (Å²) in [6, 6.07) is 13.9. The molecule has 0 aliphatic carbocycles. The highest BCUT2D eigenvalue weighted by Gasteiger charge is 2.31. The van der Waals surface area contributed by atoms with Crippen LogP contribution in [-0.4, -0.2) is 22.5 Å². The van der Waals surface area contributed by atoms with E-state index < -0.39 is 0 Å². The summed E-state index contributed by atoms with van der Waals surface area (Å²) in [5.74, 6) is 0.0674. The lowest BCUT2D eigenvalue weighted by molar-refractivity contribution is 0.411. The van der Waals surface area contributed by atoms with Crippen molar-refractivity contribution >= 4 is 28.4 Å². The topological polar surface area (TPSA) is 60.2 Å². The molecular formula is C20H16FN3OS. The molecule has 0 amide bonds. The number of anilines is 1. The Kier molecular flexibility index (Phi) is 4.05. The van der Waals surface area contributed by atoms with Crippen molar-refractivity contribution in [1.29, 1.82) is 5.41 Å². The maximum Gasteiger partial charge on any atom is 0.139 e. The van der Waals surface area contributed by atoms with E-state index in [1.165, 1.54) is 23.5 Å². The number of rotatable bonds is 3. The summed E-state index contributed by atoms with van der Waals surface area (Å²) < 4.78 is 13.1. The van der Waals surface area contributed by atoms with Gasteiger partial charge in [0.1, 0.15) is 22.4 Å². The minimum atomic E-state index is -0.295. The summed E-state index contributed by atoms with van der Waals surface area (Å²) >= 11 is 1.36. The fourth-order valence-electron chi connectivity index (χ4n) is 2.89. The second kappa shape index (κ2) is 6.38. The molecule has 4 rings (SSSR count). The molecule has 4 nitrogen and oxygen atoms in total. The fraction of sp³-hybridized carbons (Fsp3) is 0.100. The zero-order valence-electron chi connectivity index (χ0n) is 14.0. The van der Waals surface area contributed by atoms with Crippen molar-refractivity contribution in [3.63, 3.8) is 0 Å². The lowest BCUT2D eigenvalue weighted by atomic mass is 10.2. The number of nitrogens with one attached hydrogen (secondary N) is 1. The van der Waals surface area contributed by atoms with Crippen LogP contribution >= 0.6 is 11.3 Å². The van der Waals surface area contributed by atoms with Gasteiger partial charge in [-0.25, -0.2) is 9.37 Å². The van der Waals surface area contributed by atoms with Gasteiger partial charge >= 0.3 is 0 Å². The second-order valence-electron chi connectivity index (χ2n) is 6.14. The summed E-state index contributed by atoms with van der Waals surface area (Å²) in [5.41, 5.74) is 3.95. The molecule has 26 heavy (non-hydrogen) atoms. The normalized spacial score (nSPS) is 14.4. The molecule has 0 saturated heterocycles. The smallest absolute Gasteiger partial charge is 0.139 e. The van der Waals surface area contributed by atoms with Crippen LogP contribution in [0.1, 0.15) is 10.6 Å². The molecule has 3 aromatic rings. The van der Waals surface area contributed by atoms with Crippen LogP contribution in [0.2, 0.25) is 0 Å². The third kappa shape index (κ3) is 2.88. The lowest BCUT2D eigenvalue weighted by Gasteiger charge is -2.18. The molecule has 1 aliphatic heterocycles. The van der Waals surface area contributed by atoms with Crippen LogP contribution in [0, 0.1) is 18.2 Å². The highest BCUT2D eigenvalue weighted by Crippen LogP contribution is 2.34. The lowest BCUT2D eigenvalue weighted by Crippen LogP contribution is -2.25. The van der Waals surface area contributed by atoms with Crippen LogP contribution in [-0.2, 0) is 0 Å². The zero-order valence-corrected chi connectivity index (χ0v) is 14.8. The number of aryl methyl sites for hydroxylation is 1. The number of aromatic nitrogens is 1. The van der Waals surface area contributed by atoms with E-state index in [1.54, 1.807) is 17.0 Å². The van der Waals surface area contributed by atoms with Crippen LogP contribution in [0.3, 0.4) is 0 Å². The predicted octanol–water partition coefficient (Wildman–Crippen LogP) is 5.02. The summed E-state index contributed by atoms with van der Waals surface area (Å²) in [7, 11) is 0. The number of aliphatic hydroxyl groups is 1. The van der Waals surface area contributed by atoms with Gasteiger partial charge in [-0.05, 0) is 43.3 Å². The Morgan fingerprint density at radius 3 is 2.50 bits per heavy atom. The largest absolute Gasteiger partial charge is 0.510 e. The summed E-state index contributed by atoms with van der Waals surface area (Å²) in [4.78, 5) is 6.30. The van der Waals surface area contributed by atoms with Crippen molar-refractivity contribution < 1.29 is 9.50 Å². The van der Waals surface area contributed by atoms with Crippen molar-refractivity contribution in [2.24, 2.45) is 0 Å². The van der Waals surface area contributed by atoms with Gasteiger partial charge in [0.05, 0.1) is 17.8 Å². The van der Waals surface area contributed by atoms with Gasteiger partial charge in [-0.3, -0.25) is 5.41 Å². The third-order valence-corrected chi connectivity index (χ3v) is 5.17. The third-order valence-electron chi connectivity index (χ3n) is 4.31. The number of benzene rings is 2. The number of halogens is 1. The van der Waals surface area contributed by atoms with Crippen LogP contribution in [0.15, 0.2) is 59.7 Å². The van der Waals surface area contributed by atoms with E-state index in [4.69, 9.17) is 5.41 Å². The number of amidine groups is 1. The molecule has 0 unspecified atom stereocenters. The summed E-state index contributed by atoms with van der Waals surface area (Å²) in [6.07, 6.45) is 0. The Morgan fingerprint density at radius 2 is 1.81 bits per heavy atom. The van der Waals surface area contributed by atoms with Crippen molar-refractivity contribution in [2.75, 3.05) is 11.4 Å². The molecule has 0 bridgehead atoms. The highest BCUT2D eigenvalue weighted by molar-refractivity contribution is 7.11. The molecule has 0 radical (unpaired) electrons. The average molecular weight is 365 g/mol. The van der Waals surface area contributed by atoms with E-state index in [2.05, 4.69) is 4.98 Å². The van der Waals surface area contributed by atoms with Crippen LogP contribution in [0.4, 0.5) is 10.1 Å². The van der Waals surface area contributed by atoms with Crippen molar-refractivity contribution in [1.82, 2.24) is 4.98 Å². The van der Waals surface area contributed by atoms with E-state index in [0.717, 1.165) is 16.8 Å². The summed E-state index contributed by atoms with van der Waals surface area (Å²) in [5, 5.41) is 21.4. The van der Waals surface area contributed by atoms with Crippen LogP contribution in [0.25, 0.3) is 16.8 Å². The van der Waals surface area contributed by atoms with Crippen molar-refractivity contribution in [3.8, 4) is 11.3 Å². The predicted molar refractivity (Wildman–Crippen MR) is 103 cm³/mol. The van der Waals surface area contributed by atoms with E-state index in [1.807, 2.05) is 36.6 Å². The number of nitrogens with zero attached hydrogens (tertiary/aromatic N) is 2. The van der Waals surface area contributed by atoms with Gasteiger partial charge in [0, 0.05) is 16.6 Å². The Hall–Kier alpha value is -2.99. The van der Waals surface area contributed by atoms with E-state index in [-0.39, 0.29) is 24.0 Å². The highest BCUT2D eigenvalue weighted by atomic mass is 32.1. The molecule has 2 heterocycles. The second-order valence-corrected chi connectivity index (χ2v) is 6.99. The molecular weight excluding hydrogens is 349 g/mol. The molecule has 0 spiro atoms. The minimum Gasteiger partial charge on any atom is -0.510 e. The van der Waals surface area contributed by atoms with Gasteiger partial charge < -0.3 is 10.0 Å². The van der Waals surface area contributed by atoms with Crippen molar-refractivity contribution in [2.45, 2.75) is 6.92 Å². The van der Waals surface area contributed by atoms with Gasteiger partial charge in [-0.2, -0.15) is 0 Å². The first-order valence-corrected chi connectivity index (χ1v) is 8.98. The molecule has 0 fully saturated rings. The molecule has 130 valence electrons. The zero-order chi connectivity index (χ0) is 18.3. The summed E-state index contributed by atoms with van der Waals surface area (Å²) in [6.45, 7) is 2.26. The molecule has 0 saturated carbocycles. The number of aliphatic hydroxyl groups excluding tert-OH is 1. The van der Waals surface area contributed by atoms with Gasteiger partial charge in [0.25, 0.3) is 0 Å². The van der Waals surface area contributed by atoms with Gasteiger partial charge in [0.2, 0.25) is 0 Å². The first-order valence-electron chi connectivity index (χ1n) is 8.10. The maximum absolute atomic E-state index is 13.1. The molecule has 1 aliphatic rings. The van der Waals surface area contributed by atoms with Crippen LogP contribution in [0.5, 0.6) is 0 Å². The standard InChI is InChI=1S/C20H16FN3OS/c1-12-2-8-15(9-3-12)24-10-17(25)18(19(24)22)20-23-16(11-26-20)13-4-6-14(21)7-5-13/h2-9,11,22,25H,10H2,1H3. The number of hydrogen-bond acceptors (Lipinski definition) is 4. The Balaban J connectivity index is 1.63. The average Bonchev–Trinajstić information content (AvgIpc) is 3.21. The number of hydrogen-bond donors (Lipinski definition) is 2. The number of thiazole rings is 1. The first kappa shape index (κ1) is 16.5. The first-order chi connectivity index (χ1) is 12.5. The van der Waals surface area contributed by atoms with Crippen molar-refractivity contribution in [3.05, 3.63) is 76.1 Å². The van der Waals surface area contributed by atoms with E-state index >= 15 is 0 Å². The quantitative estimate of drug-likeness (QED) is 0.685. The van der Waals surface area contributed by atoms with Gasteiger partial charge in [0.15, 0.2) is 0 Å². The van der Waals surface area contributed by atoms with Gasteiger partial charge in [-0.15, -0.1) is 11.3 Å². The van der Waals surface area contributed by atoms with Gasteiger partial charge in [-0.1, -0.05) is 17.7 Å². The van der Waals surface area contributed by atoms with Crippen LogP contribution < -0.4 is 4.90 Å². The monoisotopic (exact) mass is 365 g/mol. The molecule has 6 heteroatoms. The maximum atomic E-state index is 13.1. The molecule has 2 aromatic carbocycles. The van der Waals surface area contributed by atoms with E-state index in [9.17, 15) is 9.50 Å². The molecule has 2 N–H and O–H groups in total. The SMILES string of the molecule is Cc1ccc(N2CC(O)=C(c3nc(-c4ccc(F)cc4)cs3)C2=N)cc1. The molecule has 1 aromatic heterocycles. The molecule has 0 atom stereocenters.